The summed E-state index contributed by atoms with van der Waals surface area (Å²) in [5.41, 5.74) is 1.40. The third-order valence-electron chi connectivity index (χ3n) is 5.32. The number of nitrogens with zero attached hydrogens (tertiary/aromatic N) is 3. The lowest BCUT2D eigenvalue weighted by molar-refractivity contribution is -0.138. The maximum atomic E-state index is 13.2. The quantitative estimate of drug-likeness (QED) is 0.455. The highest BCUT2D eigenvalue weighted by Crippen LogP contribution is 2.32. The first-order valence-electron chi connectivity index (χ1n) is 10.4. The van der Waals surface area contributed by atoms with Gasteiger partial charge in [0.25, 0.3) is 5.91 Å². The summed E-state index contributed by atoms with van der Waals surface area (Å²) in [6.07, 6.45) is 0.101. The number of fused-ring (bicyclic) bond motifs is 1. The third kappa shape index (κ3) is 4.53. The summed E-state index contributed by atoms with van der Waals surface area (Å²) in [6.45, 7) is 1.12. The highest BCUT2D eigenvalue weighted by molar-refractivity contribution is 7.14. The molecule has 3 amide bonds. The molecule has 8 nitrogen and oxygen atoms in total. The summed E-state index contributed by atoms with van der Waals surface area (Å²) in [4.78, 5) is 45.8. The maximum Gasteiger partial charge on any atom is 0.270 e. The largest absolute Gasteiger partial charge is 0.454 e. The van der Waals surface area contributed by atoms with Gasteiger partial charge in [-0.15, -0.1) is 22.7 Å². The first-order chi connectivity index (χ1) is 16.1. The Morgan fingerprint density at radius 1 is 1.18 bits per heavy atom. The van der Waals surface area contributed by atoms with Gasteiger partial charge in [0, 0.05) is 36.8 Å². The van der Waals surface area contributed by atoms with Gasteiger partial charge in [-0.3, -0.25) is 19.3 Å². The predicted molar refractivity (Wildman–Crippen MR) is 128 cm³/mol. The first-order valence-corrected chi connectivity index (χ1v) is 12.2. The minimum atomic E-state index is -0.209. The number of rotatable bonds is 6. The van der Waals surface area contributed by atoms with Gasteiger partial charge >= 0.3 is 0 Å². The number of piperazine rings is 1. The number of amides is 3. The molecule has 5 rings (SSSR count). The molecule has 0 saturated carbocycles. The number of hydrogen-bond acceptors (Lipinski definition) is 7. The van der Waals surface area contributed by atoms with Crippen LogP contribution in [0, 0.1) is 0 Å². The van der Waals surface area contributed by atoms with E-state index in [0.29, 0.717) is 34.6 Å². The Morgan fingerprint density at radius 3 is 2.85 bits per heavy atom. The van der Waals surface area contributed by atoms with Crippen molar-refractivity contribution < 1.29 is 18.8 Å². The average Bonchev–Trinajstić information content (AvgIpc) is 3.59. The van der Waals surface area contributed by atoms with Gasteiger partial charge in [0.2, 0.25) is 11.8 Å². The lowest BCUT2D eigenvalue weighted by Gasteiger charge is -2.27. The molecule has 33 heavy (non-hydrogen) atoms. The van der Waals surface area contributed by atoms with Crippen LogP contribution in [0.15, 0.2) is 57.6 Å². The van der Waals surface area contributed by atoms with Crippen molar-refractivity contribution >= 4 is 56.5 Å². The molecule has 4 heterocycles. The summed E-state index contributed by atoms with van der Waals surface area (Å²) in [6, 6.07) is 13.2. The van der Waals surface area contributed by atoms with Crippen LogP contribution in [0.25, 0.3) is 22.4 Å². The lowest BCUT2D eigenvalue weighted by Crippen LogP contribution is -2.50. The van der Waals surface area contributed by atoms with Crippen LogP contribution in [0.4, 0.5) is 5.13 Å². The second-order valence-electron chi connectivity index (χ2n) is 7.51. The van der Waals surface area contributed by atoms with Crippen molar-refractivity contribution in [3.63, 3.8) is 0 Å². The Kier molecular flexibility index (Phi) is 5.93. The summed E-state index contributed by atoms with van der Waals surface area (Å²) in [5, 5.41) is 7.86. The highest BCUT2D eigenvalue weighted by Gasteiger charge is 2.26. The lowest BCUT2D eigenvalue weighted by atomic mass is 10.2. The van der Waals surface area contributed by atoms with Crippen LogP contribution < -0.4 is 10.2 Å². The molecule has 168 valence electrons. The van der Waals surface area contributed by atoms with E-state index in [2.05, 4.69) is 10.3 Å². The minimum absolute atomic E-state index is 0.0468. The Hall–Kier alpha value is -3.50. The van der Waals surface area contributed by atoms with Gasteiger partial charge in [-0.05, 0) is 23.6 Å². The molecule has 4 aromatic rings. The SMILES string of the molecule is O=C1CN(C(=O)CCN(C(=O)c2cccs2)c2nc(-c3cc4ccccc4o3)cs2)CCN1. The number of hydrogen-bond donors (Lipinski definition) is 1. The van der Waals surface area contributed by atoms with Crippen molar-refractivity contribution in [1.29, 1.82) is 0 Å². The van der Waals surface area contributed by atoms with Crippen molar-refractivity contribution in [3.8, 4) is 11.5 Å². The zero-order chi connectivity index (χ0) is 22.8. The van der Waals surface area contributed by atoms with Crippen LogP contribution in [0.2, 0.25) is 0 Å². The zero-order valence-corrected chi connectivity index (χ0v) is 19.2. The number of nitrogens with one attached hydrogen (secondary N) is 1. The fraction of sp³-hybridized carbons (Fsp3) is 0.217. The molecule has 0 atom stereocenters. The van der Waals surface area contributed by atoms with Gasteiger partial charge in [0.15, 0.2) is 10.9 Å². The number of anilines is 1. The van der Waals surface area contributed by atoms with Crippen molar-refractivity contribution in [2.24, 2.45) is 0 Å². The fourth-order valence-corrected chi connectivity index (χ4v) is 5.15. The molecule has 0 radical (unpaired) electrons. The predicted octanol–water partition coefficient (Wildman–Crippen LogP) is 3.61. The topological polar surface area (TPSA) is 95.8 Å². The molecule has 10 heteroatoms. The van der Waals surface area contributed by atoms with E-state index in [0.717, 1.165) is 11.0 Å². The van der Waals surface area contributed by atoms with Crippen molar-refractivity contribution in [2.45, 2.75) is 6.42 Å². The van der Waals surface area contributed by atoms with E-state index in [1.165, 1.54) is 32.5 Å². The number of carbonyl (C=O) groups is 3. The van der Waals surface area contributed by atoms with Gasteiger partial charge in [0.1, 0.15) is 11.3 Å². The summed E-state index contributed by atoms with van der Waals surface area (Å²) < 4.78 is 5.91. The summed E-state index contributed by atoms with van der Waals surface area (Å²) in [5.74, 6) is 0.0803. The number of thiazole rings is 1. The van der Waals surface area contributed by atoms with E-state index in [1.807, 2.05) is 47.2 Å². The molecule has 0 aliphatic carbocycles. The zero-order valence-electron chi connectivity index (χ0n) is 17.5. The summed E-state index contributed by atoms with van der Waals surface area (Å²) >= 11 is 2.67. The number of para-hydroxylation sites is 1. The van der Waals surface area contributed by atoms with Gasteiger partial charge < -0.3 is 14.6 Å². The Morgan fingerprint density at radius 2 is 2.06 bits per heavy atom. The van der Waals surface area contributed by atoms with Gasteiger partial charge in [-0.1, -0.05) is 24.3 Å². The molecule has 1 aliphatic heterocycles. The van der Waals surface area contributed by atoms with Crippen LogP contribution in [-0.2, 0) is 9.59 Å². The standard InChI is InChI=1S/C23H20N4O4S2/c28-20-13-26(10-8-24-20)21(29)7-9-27(22(30)19-6-3-11-32-19)23-25-16(14-33-23)18-12-15-4-1-2-5-17(15)31-18/h1-6,11-12,14H,7-10,13H2,(H,24,28). The molecule has 1 aliphatic rings. The third-order valence-corrected chi connectivity index (χ3v) is 7.04. The second kappa shape index (κ2) is 9.16. The van der Waals surface area contributed by atoms with E-state index < -0.39 is 0 Å². The van der Waals surface area contributed by atoms with Crippen LogP contribution in [0.3, 0.4) is 0 Å². The molecule has 0 unspecified atom stereocenters. The monoisotopic (exact) mass is 480 g/mol. The minimum Gasteiger partial charge on any atom is -0.454 e. The van der Waals surface area contributed by atoms with Crippen LogP contribution >= 0.6 is 22.7 Å². The summed E-state index contributed by atoms with van der Waals surface area (Å²) in [7, 11) is 0. The molecular formula is C23H20N4O4S2. The molecule has 1 saturated heterocycles. The molecular weight excluding hydrogens is 460 g/mol. The molecule has 1 N–H and O–H groups in total. The van der Waals surface area contributed by atoms with Crippen molar-refractivity contribution in [1.82, 2.24) is 15.2 Å². The van der Waals surface area contributed by atoms with E-state index >= 15 is 0 Å². The van der Waals surface area contributed by atoms with Crippen LogP contribution in [0.1, 0.15) is 16.1 Å². The van der Waals surface area contributed by atoms with E-state index in [4.69, 9.17) is 4.42 Å². The second-order valence-corrected chi connectivity index (χ2v) is 9.30. The Balaban J connectivity index is 1.38. The normalized spacial score (nSPS) is 13.8. The van der Waals surface area contributed by atoms with Crippen LogP contribution in [-0.4, -0.2) is 53.8 Å². The number of aromatic nitrogens is 1. The smallest absolute Gasteiger partial charge is 0.270 e. The molecule has 0 spiro atoms. The van der Waals surface area contributed by atoms with Gasteiger partial charge in [0.05, 0.1) is 11.4 Å². The van der Waals surface area contributed by atoms with E-state index in [-0.39, 0.29) is 37.2 Å². The maximum absolute atomic E-state index is 13.2. The fourth-order valence-electron chi connectivity index (χ4n) is 3.64. The molecule has 3 aromatic heterocycles. The van der Waals surface area contributed by atoms with Gasteiger partial charge in [-0.25, -0.2) is 4.98 Å². The van der Waals surface area contributed by atoms with Gasteiger partial charge in [-0.2, -0.15) is 0 Å². The Labute approximate surface area is 197 Å². The van der Waals surface area contributed by atoms with Crippen LogP contribution in [0.5, 0.6) is 0 Å². The first kappa shape index (κ1) is 21.4. The van der Waals surface area contributed by atoms with E-state index in [1.54, 1.807) is 6.07 Å². The van der Waals surface area contributed by atoms with E-state index in [9.17, 15) is 14.4 Å². The number of carbonyl (C=O) groups excluding carboxylic acids is 3. The molecule has 1 aromatic carbocycles. The molecule has 0 bridgehead atoms. The molecule has 1 fully saturated rings. The average molecular weight is 481 g/mol. The highest BCUT2D eigenvalue weighted by atomic mass is 32.1. The number of thiophene rings is 1. The van der Waals surface area contributed by atoms with Crippen molar-refractivity contribution in [2.75, 3.05) is 31.1 Å². The number of benzene rings is 1. The van der Waals surface area contributed by atoms with Crippen molar-refractivity contribution in [3.05, 3.63) is 58.1 Å². The number of furan rings is 1. The Bertz CT molecular complexity index is 1280.